The first-order valence-electron chi connectivity index (χ1n) is 5.05. The van der Waals surface area contributed by atoms with Crippen LogP contribution in [-0.2, 0) is 4.74 Å². The maximum absolute atomic E-state index is 11.6. The normalized spacial score (nSPS) is 9.94. The monoisotopic (exact) mass is 224 g/mol. The summed E-state index contributed by atoms with van der Waals surface area (Å²) in [4.78, 5) is 11.6. The third-order valence-corrected chi connectivity index (χ3v) is 2.14. The Kier molecular flexibility index (Phi) is 4.79. The molecule has 16 heavy (non-hydrogen) atoms. The molecule has 4 heteroatoms. The van der Waals surface area contributed by atoms with Crippen LogP contribution in [-0.4, -0.2) is 33.2 Å². The molecule has 0 N–H and O–H groups in total. The molecule has 0 atom stereocenters. The minimum absolute atomic E-state index is 0.0668. The van der Waals surface area contributed by atoms with Crippen molar-refractivity contribution in [1.29, 1.82) is 0 Å². The Bertz CT molecular complexity index is 360. The fourth-order valence-electron chi connectivity index (χ4n) is 1.29. The van der Waals surface area contributed by atoms with Gasteiger partial charge in [0.1, 0.15) is 6.61 Å². The van der Waals surface area contributed by atoms with Gasteiger partial charge >= 0.3 is 0 Å². The molecule has 1 aromatic carbocycles. The van der Waals surface area contributed by atoms with Crippen molar-refractivity contribution in [3.05, 3.63) is 23.8 Å². The SMILES string of the molecule is CCOCC(=O)c1ccc(OC)c(OC)c1. The highest BCUT2D eigenvalue weighted by atomic mass is 16.5. The molecule has 0 aliphatic heterocycles. The molecule has 1 rings (SSSR count). The Hall–Kier alpha value is -1.55. The van der Waals surface area contributed by atoms with Crippen molar-refractivity contribution in [2.24, 2.45) is 0 Å². The van der Waals surface area contributed by atoms with Gasteiger partial charge in [-0.05, 0) is 25.1 Å². The van der Waals surface area contributed by atoms with Crippen molar-refractivity contribution < 1.29 is 19.0 Å². The van der Waals surface area contributed by atoms with Crippen LogP contribution in [0.25, 0.3) is 0 Å². The van der Waals surface area contributed by atoms with Crippen LogP contribution in [0.4, 0.5) is 0 Å². The highest BCUT2D eigenvalue weighted by Gasteiger charge is 2.10. The molecular formula is C12H16O4. The zero-order valence-corrected chi connectivity index (χ0v) is 9.78. The molecule has 0 aliphatic rings. The standard InChI is InChI=1S/C12H16O4/c1-4-16-8-10(13)9-5-6-11(14-2)12(7-9)15-3/h5-7H,4,8H2,1-3H3. The Morgan fingerprint density at radius 3 is 2.44 bits per heavy atom. The van der Waals surface area contributed by atoms with Crippen molar-refractivity contribution >= 4 is 5.78 Å². The predicted molar refractivity (Wildman–Crippen MR) is 60.4 cm³/mol. The van der Waals surface area contributed by atoms with Crippen molar-refractivity contribution in [2.75, 3.05) is 27.4 Å². The molecule has 0 amide bonds. The average Bonchev–Trinajstić information content (AvgIpc) is 2.34. The third-order valence-electron chi connectivity index (χ3n) is 2.14. The number of hydrogen-bond donors (Lipinski definition) is 0. The van der Waals surface area contributed by atoms with Gasteiger partial charge in [0, 0.05) is 12.2 Å². The van der Waals surface area contributed by atoms with Crippen molar-refractivity contribution in [3.8, 4) is 11.5 Å². The second kappa shape index (κ2) is 6.12. The lowest BCUT2D eigenvalue weighted by atomic mass is 10.1. The number of rotatable bonds is 6. The third kappa shape index (κ3) is 2.97. The lowest BCUT2D eigenvalue weighted by Gasteiger charge is -2.08. The summed E-state index contributed by atoms with van der Waals surface area (Å²) in [6, 6.07) is 5.06. The second-order valence-corrected chi connectivity index (χ2v) is 3.13. The molecule has 0 aliphatic carbocycles. The summed E-state index contributed by atoms with van der Waals surface area (Å²) in [5.41, 5.74) is 0.561. The van der Waals surface area contributed by atoms with Gasteiger partial charge in [0.05, 0.1) is 14.2 Å². The van der Waals surface area contributed by atoms with Crippen LogP contribution in [0, 0.1) is 0 Å². The van der Waals surface area contributed by atoms with E-state index >= 15 is 0 Å². The van der Waals surface area contributed by atoms with Crippen LogP contribution in [0.3, 0.4) is 0 Å². The summed E-state index contributed by atoms with van der Waals surface area (Å²) in [6.45, 7) is 2.47. The fraction of sp³-hybridized carbons (Fsp3) is 0.417. The Balaban J connectivity index is 2.85. The summed E-state index contributed by atoms with van der Waals surface area (Å²) >= 11 is 0. The van der Waals surface area contributed by atoms with Crippen molar-refractivity contribution in [1.82, 2.24) is 0 Å². The Labute approximate surface area is 95.1 Å². The van der Waals surface area contributed by atoms with E-state index in [1.165, 1.54) is 7.11 Å². The van der Waals surface area contributed by atoms with E-state index in [2.05, 4.69) is 0 Å². The molecule has 0 bridgehead atoms. The van der Waals surface area contributed by atoms with Gasteiger partial charge < -0.3 is 14.2 Å². The predicted octanol–water partition coefficient (Wildman–Crippen LogP) is 1.92. The van der Waals surface area contributed by atoms with Gasteiger partial charge in [0.15, 0.2) is 17.3 Å². The van der Waals surface area contributed by atoms with Crippen LogP contribution in [0.2, 0.25) is 0 Å². The summed E-state index contributed by atoms with van der Waals surface area (Å²) in [5, 5.41) is 0. The molecule has 88 valence electrons. The molecular weight excluding hydrogens is 208 g/mol. The minimum atomic E-state index is -0.0668. The number of Topliss-reactive ketones (excluding diaryl/α,β-unsaturated/α-hetero) is 1. The van der Waals surface area contributed by atoms with Crippen LogP contribution in [0.15, 0.2) is 18.2 Å². The Morgan fingerprint density at radius 1 is 1.19 bits per heavy atom. The van der Waals surface area contributed by atoms with Gasteiger partial charge in [-0.2, -0.15) is 0 Å². The number of benzene rings is 1. The summed E-state index contributed by atoms with van der Waals surface area (Å²) in [7, 11) is 3.09. The molecule has 0 heterocycles. The van der Waals surface area contributed by atoms with Crippen LogP contribution < -0.4 is 9.47 Å². The molecule has 0 aromatic heterocycles. The highest BCUT2D eigenvalue weighted by molar-refractivity contribution is 5.97. The van der Waals surface area contributed by atoms with E-state index in [1.807, 2.05) is 6.92 Å². The number of ketones is 1. The lowest BCUT2D eigenvalue weighted by molar-refractivity contribution is 0.0783. The fourth-order valence-corrected chi connectivity index (χ4v) is 1.29. The van der Waals surface area contributed by atoms with Crippen molar-refractivity contribution in [2.45, 2.75) is 6.92 Å². The largest absolute Gasteiger partial charge is 0.493 e. The van der Waals surface area contributed by atoms with Gasteiger partial charge in [-0.15, -0.1) is 0 Å². The summed E-state index contributed by atoms with van der Waals surface area (Å²) in [6.07, 6.45) is 0. The number of ether oxygens (including phenoxy) is 3. The maximum Gasteiger partial charge on any atom is 0.188 e. The zero-order chi connectivity index (χ0) is 12.0. The zero-order valence-electron chi connectivity index (χ0n) is 9.78. The number of hydrogen-bond acceptors (Lipinski definition) is 4. The van der Waals surface area contributed by atoms with Gasteiger partial charge in [-0.1, -0.05) is 0 Å². The molecule has 1 aromatic rings. The number of methoxy groups -OCH3 is 2. The van der Waals surface area contributed by atoms with Crippen molar-refractivity contribution in [3.63, 3.8) is 0 Å². The van der Waals surface area contributed by atoms with E-state index in [4.69, 9.17) is 14.2 Å². The van der Waals surface area contributed by atoms with E-state index in [0.717, 1.165) is 0 Å². The molecule has 0 radical (unpaired) electrons. The Morgan fingerprint density at radius 2 is 1.88 bits per heavy atom. The first kappa shape index (κ1) is 12.5. The van der Waals surface area contributed by atoms with Gasteiger partial charge in [0.25, 0.3) is 0 Å². The van der Waals surface area contributed by atoms with E-state index in [0.29, 0.717) is 23.7 Å². The minimum Gasteiger partial charge on any atom is -0.493 e. The van der Waals surface area contributed by atoms with E-state index in [9.17, 15) is 4.79 Å². The lowest BCUT2D eigenvalue weighted by Crippen LogP contribution is -2.09. The van der Waals surface area contributed by atoms with Gasteiger partial charge in [-0.3, -0.25) is 4.79 Å². The first-order chi connectivity index (χ1) is 7.72. The average molecular weight is 224 g/mol. The maximum atomic E-state index is 11.6. The van der Waals surface area contributed by atoms with Gasteiger partial charge in [-0.25, -0.2) is 0 Å². The molecule has 0 fully saturated rings. The molecule has 4 nitrogen and oxygen atoms in total. The number of carbonyl (C=O) groups excluding carboxylic acids is 1. The number of carbonyl (C=O) groups is 1. The molecule has 0 unspecified atom stereocenters. The van der Waals surface area contributed by atoms with Crippen LogP contribution in [0.1, 0.15) is 17.3 Å². The molecule has 0 saturated carbocycles. The van der Waals surface area contributed by atoms with Crippen LogP contribution in [0.5, 0.6) is 11.5 Å². The smallest absolute Gasteiger partial charge is 0.188 e. The summed E-state index contributed by atoms with van der Waals surface area (Å²) in [5.74, 6) is 1.09. The molecule has 0 saturated heterocycles. The van der Waals surface area contributed by atoms with E-state index < -0.39 is 0 Å². The quantitative estimate of drug-likeness (QED) is 0.692. The van der Waals surface area contributed by atoms with Gasteiger partial charge in [0.2, 0.25) is 0 Å². The first-order valence-corrected chi connectivity index (χ1v) is 5.05. The second-order valence-electron chi connectivity index (χ2n) is 3.13. The highest BCUT2D eigenvalue weighted by Crippen LogP contribution is 2.27. The van der Waals surface area contributed by atoms with E-state index in [-0.39, 0.29) is 12.4 Å². The summed E-state index contributed by atoms with van der Waals surface area (Å²) < 4.78 is 15.3. The molecule has 0 spiro atoms. The topological polar surface area (TPSA) is 44.8 Å². The van der Waals surface area contributed by atoms with Crippen LogP contribution >= 0.6 is 0 Å². The van der Waals surface area contributed by atoms with E-state index in [1.54, 1.807) is 25.3 Å².